The van der Waals surface area contributed by atoms with Gasteiger partial charge in [0.05, 0.1) is 16.3 Å². The van der Waals surface area contributed by atoms with Gasteiger partial charge < -0.3 is 5.32 Å². The Morgan fingerprint density at radius 1 is 1.32 bits per heavy atom. The Kier molecular flexibility index (Phi) is 3.86. The third-order valence-electron chi connectivity index (χ3n) is 3.29. The molecule has 0 aliphatic heterocycles. The number of aromatic nitrogens is 1. The number of benzene rings is 2. The van der Waals surface area contributed by atoms with Crippen molar-refractivity contribution < 1.29 is 4.79 Å². The zero-order chi connectivity index (χ0) is 15.5. The summed E-state index contributed by atoms with van der Waals surface area (Å²) >= 11 is 1.63. The van der Waals surface area contributed by atoms with E-state index in [1.165, 1.54) is 0 Å². The highest BCUT2D eigenvalue weighted by atomic mass is 32.1. The highest BCUT2D eigenvalue weighted by Gasteiger charge is 2.10. The van der Waals surface area contributed by atoms with E-state index in [-0.39, 0.29) is 12.3 Å². The number of aryl methyl sites for hydroxylation is 1. The van der Waals surface area contributed by atoms with Crippen LogP contribution in [-0.2, 0) is 4.79 Å². The first kappa shape index (κ1) is 14.2. The van der Waals surface area contributed by atoms with Crippen molar-refractivity contribution in [1.29, 1.82) is 5.26 Å². The summed E-state index contributed by atoms with van der Waals surface area (Å²) in [5.74, 6) is -0.304. The first-order valence-corrected chi connectivity index (χ1v) is 7.62. The van der Waals surface area contributed by atoms with Crippen molar-refractivity contribution in [2.75, 3.05) is 5.32 Å². The zero-order valence-electron chi connectivity index (χ0n) is 12.0. The fourth-order valence-electron chi connectivity index (χ4n) is 2.19. The van der Waals surface area contributed by atoms with Crippen LogP contribution in [0.4, 0.5) is 5.69 Å². The molecule has 0 aliphatic rings. The van der Waals surface area contributed by atoms with Crippen LogP contribution in [-0.4, -0.2) is 10.9 Å². The highest BCUT2D eigenvalue weighted by molar-refractivity contribution is 7.21. The van der Waals surface area contributed by atoms with Gasteiger partial charge in [0.2, 0.25) is 5.91 Å². The lowest BCUT2D eigenvalue weighted by Gasteiger charge is -2.07. The average molecular weight is 307 g/mol. The highest BCUT2D eigenvalue weighted by Crippen LogP contribution is 2.33. The minimum absolute atomic E-state index is 0.148. The summed E-state index contributed by atoms with van der Waals surface area (Å²) in [5, 5.41) is 12.2. The van der Waals surface area contributed by atoms with Gasteiger partial charge in [-0.1, -0.05) is 18.2 Å². The summed E-state index contributed by atoms with van der Waals surface area (Å²) < 4.78 is 1.14. The van der Waals surface area contributed by atoms with Crippen molar-refractivity contribution >= 4 is 33.1 Å². The normalized spacial score (nSPS) is 10.4. The molecule has 0 fully saturated rings. The molecule has 1 heterocycles. The minimum atomic E-state index is -0.304. The first-order chi connectivity index (χ1) is 10.7. The van der Waals surface area contributed by atoms with Gasteiger partial charge in [-0.15, -0.1) is 11.3 Å². The Bertz CT molecular complexity index is 859. The molecule has 0 saturated carbocycles. The second-order valence-electron chi connectivity index (χ2n) is 4.90. The van der Waals surface area contributed by atoms with Crippen LogP contribution in [0.3, 0.4) is 0 Å². The van der Waals surface area contributed by atoms with E-state index in [9.17, 15) is 4.79 Å². The Labute approximate surface area is 132 Å². The SMILES string of the molecule is Cc1ccc(NC(=O)CC#N)cc1-c1nc2ccccc2s1. The predicted molar refractivity (Wildman–Crippen MR) is 88.7 cm³/mol. The van der Waals surface area contributed by atoms with E-state index >= 15 is 0 Å². The molecule has 22 heavy (non-hydrogen) atoms. The van der Waals surface area contributed by atoms with Gasteiger partial charge >= 0.3 is 0 Å². The van der Waals surface area contributed by atoms with Crippen molar-refractivity contribution in [2.45, 2.75) is 13.3 Å². The molecule has 1 amide bonds. The van der Waals surface area contributed by atoms with Gasteiger partial charge in [-0.2, -0.15) is 5.26 Å². The fraction of sp³-hybridized carbons (Fsp3) is 0.118. The van der Waals surface area contributed by atoms with Crippen molar-refractivity contribution in [2.24, 2.45) is 0 Å². The van der Waals surface area contributed by atoms with E-state index in [1.807, 2.05) is 55.5 Å². The molecule has 1 aromatic heterocycles. The summed E-state index contributed by atoms with van der Waals surface area (Å²) in [6.07, 6.45) is -0.148. The summed E-state index contributed by atoms with van der Waals surface area (Å²) in [6, 6.07) is 15.5. The number of nitrogens with one attached hydrogen (secondary N) is 1. The topological polar surface area (TPSA) is 65.8 Å². The van der Waals surface area contributed by atoms with E-state index in [0.717, 1.165) is 26.4 Å². The van der Waals surface area contributed by atoms with Crippen LogP contribution >= 0.6 is 11.3 Å². The molecule has 108 valence electrons. The van der Waals surface area contributed by atoms with E-state index < -0.39 is 0 Å². The van der Waals surface area contributed by atoms with Crippen LogP contribution in [0.15, 0.2) is 42.5 Å². The number of nitrogens with zero attached hydrogens (tertiary/aromatic N) is 2. The molecule has 0 spiro atoms. The maximum absolute atomic E-state index is 11.5. The summed E-state index contributed by atoms with van der Waals surface area (Å²) in [6.45, 7) is 2.02. The molecule has 3 aromatic rings. The molecule has 0 atom stereocenters. The number of hydrogen-bond acceptors (Lipinski definition) is 4. The van der Waals surface area contributed by atoms with Crippen molar-refractivity contribution in [3.63, 3.8) is 0 Å². The number of nitriles is 1. The molecule has 1 N–H and O–H groups in total. The lowest BCUT2D eigenvalue weighted by Crippen LogP contribution is -2.10. The second kappa shape index (κ2) is 5.96. The van der Waals surface area contributed by atoms with E-state index in [0.29, 0.717) is 5.69 Å². The number of carbonyl (C=O) groups excluding carboxylic acids is 1. The molecular weight excluding hydrogens is 294 g/mol. The first-order valence-electron chi connectivity index (χ1n) is 6.81. The molecule has 3 rings (SSSR count). The van der Waals surface area contributed by atoms with E-state index in [2.05, 4.69) is 10.3 Å². The third-order valence-corrected chi connectivity index (χ3v) is 4.35. The van der Waals surface area contributed by atoms with Crippen LogP contribution in [0.25, 0.3) is 20.8 Å². The predicted octanol–water partition coefficient (Wildman–Crippen LogP) is 4.12. The smallest absolute Gasteiger partial charge is 0.238 e. The largest absolute Gasteiger partial charge is 0.325 e. The Balaban J connectivity index is 1.99. The van der Waals surface area contributed by atoms with E-state index in [1.54, 1.807) is 11.3 Å². The van der Waals surface area contributed by atoms with Gasteiger partial charge in [-0.25, -0.2) is 4.98 Å². The molecule has 2 aromatic carbocycles. The number of fused-ring (bicyclic) bond motifs is 1. The number of amides is 1. The third kappa shape index (κ3) is 2.83. The number of rotatable bonds is 3. The lowest BCUT2D eigenvalue weighted by molar-refractivity contribution is -0.115. The zero-order valence-corrected chi connectivity index (χ0v) is 12.8. The Morgan fingerprint density at radius 3 is 2.91 bits per heavy atom. The monoisotopic (exact) mass is 307 g/mol. The number of hydrogen-bond donors (Lipinski definition) is 1. The van der Waals surface area contributed by atoms with Gasteiger partial charge in [0.25, 0.3) is 0 Å². The van der Waals surface area contributed by atoms with Gasteiger partial charge in [0.1, 0.15) is 11.4 Å². The maximum Gasteiger partial charge on any atom is 0.238 e. The van der Waals surface area contributed by atoms with Crippen molar-refractivity contribution in [1.82, 2.24) is 4.98 Å². The van der Waals surface area contributed by atoms with Crippen molar-refractivity contribution in [3.8, 4) is 16.6 Å². The number of carbonyl (C=O) groups is 1. The standard InChI is InChI=1S/C17H13N3OS/c1-11-6-7-12(19-16(21)8-9-18)10-13(11)17-20-14-4-2-3-5-15(14)22-17/h2-7,10H,8H2,1H3,(H,19,21). The molecule has 4 nitrogen and oxygen atoms in total. The van der Waals surface area contributed by atoms with Gasteiger partial charge in [-0.05, 0) is 36.8 Å². The average Bonchev–Trinajstić information content (AvgIpc) is 2.93. The quantitative estimate of drug-likeness (QED) is 0.791. The fourth-order valence-corrected chi connectivity index (χ4v) is 3.24. The molecule has 0 saturated heterocycles. The number of para-hydroxylation sites is 1. The molecule has 5 heteroatoms. The van der Waals surface area contributed by atoms with Crippen LogP contribution in [0, 0.1) is 18.3 Å². The molecule has 0 bridgehead atoms. The Hall–Kier alpha value is -2.71. The summed E-state index contributed by atoms with van der Waals surface area (Å²) in [7, 11) is 0. The van der Waals surface area contributed by atoms with Gasteiger partial charge in [-0.3, -0.25) is 4.79 Å². The molecular formula is C17H13N3OS. The number of thiazole rings is 1. The summed E-state index contributed by atoms with van der Waals surface area (Å²) in [4.78, 5) is 16.2. The van der Waals surface area contributed by atoms with Gasteiger partial charge in [0, 0.05) is 11.3 Å². The molecule has 0 unspecified atom stereocenters. The van der Waals surface area contributed by atoms with Crippen LogP contribution < -0.4 is 5.32 Å². The van der Waals surface area contributed by atoms with Gasteiger partial charge in [0.15, 0.2) is 0 Å². The maximum atomic E-state index is 11.5. The number of anilines is 1. The summed E-state index contributed by atoms with van der Waals surface area (Å²) in [5.41, 5.74) is 3.74. The Morgan fingerprint density at radius 2 is 2.14 bits per heavy atom. The molecule has 0 radical (unpaired) electrons. The van der Waals surface area contributed by atoms with Crippen molar-refractivity contribution in [3.05, 3.63) is 48.0 Å². The van der Waals surface area contributed by atoms with E-state index in [4.69, 9.17) is 5.26 Å². The van der Waals surface area contributed by atoms with Crippen LogP contribution in [0.2, 0.25) is 0 Å². The van der Waals surface area contributed by atoms with Crippen LogP contribution in [0.5, 0.6) is 0 Å². The molecule has 0 aliphatic carbocycles. The lowest BCUT2D eigenvalue weighted by atomic mass is 10.1. The van der Waals surface area contributed by atoms with Crippen LogP contribution in [0.1, 0.15) is 12.0 Å². The minimum Gasteiger partial charge on any atom is -0.325 e. The second-order valence-corrected chi connectivity index (χ2v) is 5.93.